The van der Waals surface area contributed by atoms with Crippen LogP contribution in [-0.4, -0.2) is 44.9 Å². The van der Waals surface area contributed by atoms with Crippen molar-refractivity contribution in [1.82, 2.24) is 24.7 Å². The molecule has 0 spiro atoms. The molecule has 3 N–H and O–H groups in total. The summed E-state index contributed by atoms with van der Waals surface area (Å²) in [6, 6.07) is 29.5. The van der Waals surface area contributed by atoms with Crippen molar-refractivity contribution in [3.8, 4) is 17.2 Å². The first-order valence-corrected chi connectivity index (χ1v) is 14.5. The van der Waals surface area contributed by atoms with Crippen molar-refractivity contribution in [2.75, 3.05) is 14.2 Å². The van der Waals surface area contributed by atoms with Gasteiger partial charge in [-0.1, -0.05) is 54.6 Å². The third kappa shape index (κ3) is 5.76. The summed E-state index contributed by atoms with van der Waals surface area (Å²) in [5.74, 6) is 0.799. The zero-order chi connectivity index (χ0) is 30.5. The Balaban J connectivity index is 1.55. The molecule has 44 heavy (non-hydrogen) atoms. The Bertz CT molecular complexity index is 1870. The average molecular weight is 587 g/mol. The SMILES string of the molecule is COc1ccc(-n2c(CCc3ccccc3)nnc2C(Cc2c[nH]c3ccccc23)C(C(N)=O)c2ccccn2)c(OC)c1. The highest BCUT2D eigenvalue weighted by Gasteiger charge is 2.36. The van der Waals surface area contributed by atoms with Crippen LogP contribution in [0.4, 0.5) is 0 Å². The van der Waals surface area contributed by atoms with Crippen molar-refractivity contribution in [2.45, 2.75) is 31.1 Å². The van der Waals surface area contributed by atoms with Gasteiger partial charge in [-0.2, -0.15) is 0 Å². The number of carbonyl (C=O) groups excluding carboxylic acids is 1. The minimum Gasteiger partial charge on any atom is -0.497 e. The second kappa shape index (κ2) is 12.8. The van der Waals surface area contributed by atoms with E-state index in [0.717, 1.165) is 34.4 Å². The van der Waals surface area contributed by atoms with Gasteiger partial charge in [0.05, 0.1) is 31.5 Å². The molecule has 0 aliphatic rings. The predicted octanol–water partition coefficient (Wildman–Crippen LogP) is 5.54. The summed E-state index contributed by atoms with van der Waals surface area (Å²) >= 11 is 0. The van der Waals surface area contributed by atoms with Crippen LogP contribution in [0.25, 0.3) is 16.6 Å². The highest BCUT2D eigenvalue weighted by molar-refractivity contribution is 5.85. The van der Waals surface area contributed by atoms with Crippen molar-refractivity contribution >= 4 is 16.8 Å². The number of nitrogens with one attached hydrogen (secondary N) is 1. The first kappa shape index (κ1) is 28.7. The van der Waals surface area contributed by atoms with E-state index in [1.165, 1.54) is 5.56 Å². The van der Waals surface area contributed by atoms with Crippen LogP contribution in [0, 0.1) is 0 Å². The molecular formula is C35H34N6O3. The van der Waals surface area contributed by atoms with Gasteiger partial charge >= 0.3 is 0 Å². The number of carbonyl (C=O) groups is 1. The number of aryl methyl sites for hydroxylation is 2. The summed E-state index contributed by atoms with van der Waals surface area (Å²) in [5, 5.41) is 10.6. The van der Waals surface area contributed by atoms with Crippen LogP contribution in [0.2, 0.25) is 0 Å². The van der Waals surface area contributed by atoms with Crippen LogP contribution in [0.1, 0.15) is 40.3 Å². The highest BCUT2D eigenvalue weighted by atomic mass is 16.5. The van der Waals surface area contributed by atoms with E-state index in [-0.39, 0.29) is 0 Å². The fourth-order valence-corrected chi connectivity index (χ4v) is 5.87. The average Bonchev–Trinajstić information content (AvgIpc) is 3.68. The van der Waals surface area contributed by atoms with E-state index in [9.17, 15) is 4.79 Å². The number of primary amides is 1. The first-order chi connectivity index (χ1) is 21.6. The van der Waals surface area contributed by atoms with Crippen molar-refractivity contribution in [3.63, 3.8) is 0 Å². The maximum atomic E-state index is 13.4. The van der Waals surface area contributed by atoms with Crippen molar-refractivity contribution < 1.29 is 14.3 Å². The topological polar surface area (TPSA) is 121 Å². The summed E-state index contributed by atoms with van der Waals surface area (Å²) in [7, 11) is 3.24. The van der Waals surface area contributed by atoms with E-state index in [1.54, 1.807) is 20.4 Å². The summed E-state index contributed by atoms with van der Waals surface area (Å²) < 4.78 is 13.4. The lowest BCUT2D eigenvalue weighted by Crippen LogP contribution is -2.30. The normalized spacial score (nSPS) is 12.6. The minimum absolute atomic E-state index is 0.462. The Morgan fingerprint density at radius 1 is 0.909 bits per heavy atom. The monoisotopic (exact) mass is 586 g/mol. The van der Waals surface area contributed by atoms with E-state index < -0.39 is 17.7 Å². The number of rotatable bonds is 12. The van der Waals surface area contributed by atoms with Gasteiger partial charge in [-0.15, -0.1) is 10.2 Å². The fourth-order valence-electron chi connectivity index (χ4n) is 5.87. The Kier molecular flexibility index (Phi) is 8.36. The zero-order valence-electron chi connectivity index (χ0n) is 24.7. The lowest BCUT2D eigenvalue weighted by Gasteiger charge is -2.25. The number of H-pyrrole nitrogens is 1. The van der Waals surface area contributed by atoms with Gasteiger partial charge < -0.3 is 20.2 Å². The van der Waals surface area contributed by atoms with Crippen LogP contribution in [0.5, 0.6) is 11.5 Å². The van der Waals surface area contributed by atoms with E-state index in [0.29, 0.717) is 35.9 Å². The number of aromatic amines is 1. The Hall–Kier alpha value is -5.44. The standard InChI is InChI=1S/C35H34N6O3/c1-43-25-16-17-30(31(21-25)44-2)41-32(18-15-23-10-4-3-5-11-23)39-40-35(41)27(33(34(36)42)29-14-8-9-19-37-29)20-24-22-38-28-13-7-6-12-26(24)28/h3-14,16-17,19,21-22,27,33,38H,15,18,20H2,1-2H3,(H2,36,42). The van der Waals surface area contributed by atoms with Gasteiger partial charge in [-0.3, -0.25) is 14.3 Å². The molecule has 9 heteroatoms. The number of nitrogens with zero attached hydrogens (tertiary/aromatic N) is 4. The lowest BCUT2D eigenvalue weighted by molar-refractivity contribution is -0.120. The summed E-state index contributed by atoms with van der Waals surface area (Å²) in [6.07, 6.45) is 5.49. The van der Waals surface area contributed by atoms with Gasteiger partial charge in [-0.25, -0.2) is 0 Å². The van der Waals surface area contributed by atoms with Gasteiger partial charge in [0.2, 0.25) is 5.91 Å². The summed E-state index contributed by atoms with van der Waals surface area (Å²) in [6.45, 7) is 0. The maximum Gasteiger partial charge on any atom is 0.227 e. The van der Waals surface area contributed by atoms with Crippen molar-refractivity contribution in [3.05, 3.63) is 132 Å². The molecule has 3 aromatic heterocycles. The molecule has 3 heterocycles. The number of ether oxygens (including phenoxy) is 2. The van der Waals surface area contributed by atoms with Crippen LogP contribution in [0.15, 0.2) is 103 Å². The molecule has 0 radical (unpaired) electrons. The third-order valence-electron chi connectivity index (χ3n) is 8.02. The molecule has 6 aromatic rings. The second-order valence-electron chi connectivity index (χ2n) is 10.6. The molecule has 0 saturated carbocycles. The number of nitrogens with two attached hydrogens (primary N) is 1. The number of pyridine rings is 1. The summed E-state index contributed by atoms with van der Waals surface area (Å²) in [4.78, 5) is 21.3. The Morgan fingerprint density at radius 3 is 2.45 bits per heavy atom. The first-order valence-electron chi connectivity index (χ1n) is 14.5. The summed E-state index contributed by atoms with van der Waals surface area (Å²) in [5.41, 5.74) is 10.7. The molecular weight excluding hydrogens is 552 g/mol. The largest absolute Gasteiger partial charge is 0.497 e. The molecule has 0 fully saturated rings. The van der Waals surface area contributed by atoms with Crippen LogP contribution < -0.4 is 15.2 Å². The number of fused-ring (bicyclic) bond motifs is 1. The molecule has 0 aliphatic heterocycles. The van der Waals surface area contributed by atoms with Gasteiger partial charge in [0, 0.05) is 41.7 Å². The van der Waals surface area contributed by atoms with E-state index >= 15 is 0 Å². The number of hydrogen-bond donors (Lipinski definition) is 2. The number of amides is 1. The Labute approximate surface area is 255 Å². The van der Waals surface area contributed by atoms with Gasteiger partial charge in [-0.05, 0) is 54.3 Å². The van der Waals surface area contributed by atoms with Crippen molar-refractivity contribution in [2.24, 2.45) is 5.73 Å². The number of benzene rings is 3. The number of aromatic nitrogens is 5. The number of methoxy groups -OCH3 is 2. The van der Waals surface area contributed by atoms with Crippen LogP contribution >= 0.6 is 0 Å². The second-order valence-corrected chi connectivity index (χ2v) is 10.6. The maximum absolute atomic E-state index is 13.4. The predicted molar refractivity (Wildman–Crippen MR) is 169 cm³/mol. The quantitative estimate of drug-likeness (QED) is 0.194. The molecule has 2 unspecified atom stereocenters. The number of para-hydroxylation sites is 1. The molecule has 0 saturated heterocycles. The molecule has 0 aliphatic carbocycles. The molecule has 2 atom stereocenters. The van der Waals surface area contributed by atoms with Gasteiger partial charge in [0.15, 0.2) is 0 Å². The molecule has 1 amide bonds. The van der Waals surface area contributed by atoms with E-state index in [4.69, 9.17) is 25.4 Å². The molecule has 9 nitrogen and oxygen atoms in total. The fraction of sp³-hybridized carbons (Fsp3) is 0.200. The minimum atomic E-state index is -0.779. The number of hydrogen-bond acceptors (Lipinski definition) is 6. The van der Waals surface area contributed by atoms with Crippen LogP contribution in [-0.2, 0) is 24.1 Å². The third-order valence-corrected chi connectivity index (χ3v) is 8.02. The van der Waals surface area contributed by atoms with E-state index in [2.05, 4.69) is 28.2 Å². The van der Waals surface area contributed by atoms with E-state index in [1.807, 2.05) is 83.6 Å². The molecule has 6 rings (SSSR count). The van der Waals surface area contributed by atoms with Gasteiger partial charge in [0.25, 0.3) is 0 Å². The smallest absolute Gasteiger partial charge is 0.227 e. The van der Waals surface area contributed by atoms with Crippen molar-refractivity contribution in [1.29, 1.82) is 0 Å². The molecule has 3 aromatic carbocycles. The van der Waals surface area contributed by atoms with Crippen LogP contribution in [0.3, 0.4) is 0 Å². The molecule has 0 bridgehead atoms. The molecule has 222 valence electrons. The Morgan fingerprint density at radius 2 is 1.70 bits per heavy atom. The zero-order valence-corrected chi connectivity index (χ0v) is 24.7. The van der Waals surface area contributed by atoms with Gasteiger partial charge in [0.1, 0.15) is 23.1 Å². The lowest BCUT2D eigenvalue weighted by atomic mass is 9.82. The highest BCUT2D eigenvalue weighted by Crippen LogP contribution is 2.39.